The zero-order valence-corrected chi connectivity index (χ0v) is 12.0. The minimum Gasteiger partial charge on any atom is -0.356 e. The number of piperidine rings is 1. The molecule has 1 aliphatic rings. The van der Waals surface area contributed by atoms with Gasteiger partial charge in [0.05, 0.1) is 17.9 Å². The first-order valence-corrected chi connectivity index (χ1v) is 7.14. The van der Waals surface area contributed by atoms with Crippen LogP contribution in [0.25, 0.3) is 11.0 Å². The van der Waals surface area contributed by atoms with Crippen molar-refractivity contribution in [2.75, 3.05) is 13.1 Å². The van der Waals surface area contributed by atoms with E-state index < -0.39 is 0 Å². The molecular weight excluding hydrogens is 266 g/mol. The predicted octanol–water partition coefficient (Wildman–Crippen LogP) is 2.52. The maximum Gasteiger partial charge on any atom is 0.228 e. The number of aromatic nitrogens is 1. The standard InChI is InChI=1S/C16H17N3O2/c1-16(11-17)6-8-19(9-7-16)15(20)10-13-12-4-2-3-5-14(12)21-18-13/h2-5H,6-10H2,1H3. The molecule has 1 saturated heterocycles. The van der Waals surface area contributed by atoms with Crippen molar-refractivity contribution in [3.63, 3.8) is 0 Å². The second kappa shape index (κ2) is 5.21. The summed E-state index contributed by atoms with van der Waals surface area (Å²) >= 11 is 0. The Bertz CT molecular complexity index is 706. The average molecular weight is 283 g/mol. The van der Waals surface area contributed by atoms with Gasteiger partial charge in [-0.3, -0.25) is 4.79 Å². The van der Waals surface area contributed by atoms with Crippen LogP contribution in [0, 0.1) is 16.7 Å². The fraction of sp³-hybridized carbons (Fsp3) is 0.438. The van der Waals surface area contributed by atoms with Crippen LogP contribution in [0.4, 0.5) is 0 Å². The molecule has 1 aromatic heterocycles. The Balaban J connectivity index is 1.69. The monoisotopic (exact) mass is 283 g/mol. The fourth-order valence-electron chi connectivity index (χ4n) is 2.68. The first-order valence-electron chi connectivity index (χ1n) is 7.14. The Morgan fingerprint density at radius 3 is 2.86 bits per heavy atom. The Morgan fingerprint density at radius 2 is 2.14 bits per heavy atom. The summed E-state index contributed by atoms with van der Waals surface area (Å²) in [7, 11) is 0. The van der Waals surface area contributed by atoms with E-state index in [1.54, 1.807) is 0 Å². The maximum atomic E-state index is 12.4. The van der Waals surface area contributed by atoms with Crippen molar-refractivity contribution in [1.29, 1.82) is 5.26 Å². The molecule has 5 nitrogen and oxygen atoms in total. The molecule has 5 heteroatoms. The first kappa shape index (κ1) is 13.6. The molecule has 0 spiro atoms. The van der Waals surface area contributed by atoms with Crippen molar-refractivity contribution in [1.82, 2.24) is 10.1 Å². The quantitative estimate of drug-likeness (QED) is 0.849. The summed E-state index contributed by atoms with van der Waals surface area (Å²) in [6, 6.07) is 9.89. The number of benzene rings is 1. The number of carbonyl (C=O) groups is 1. The minimum atomic E-state index is -0.294. The van der Waals surface area contributed by atoms with E-state index in [-0.39, 0.29) is 17.7 Å². The number of nitrogens with zero attached hydrogens (tertiary/aromatic N) is 3. The van der Waals surface area contributed by atoms with Gasteiger partial charge in [-0.15, -0.1) is 0 Å². The number of hydrogen-bond donors (Lipinski definition) is 0. The molecule has 0 atom stereocenters. The second-order valence-corrected chi connectivity index (χ2v) is 5.86. The van der Waals surface area contributed by atoms with Gasteiger partial charge in [-0.2, -0.15) is 5.26 Å². The number of fused-ring (bicyclic) bond motifs is 1. The Kier molecular flexibility index (Phi) is 3.38. The van der Waals surface area contributed by atoms with E-state index in [0.717, 1.165) is 18.2 Å². The summed E-state index contributed by atoms with van der Waals surface area (Å²) in [5, 5.41) is 14.0. The summed E-state index contributed by atoms with van der Waals surface area (Å²) < 4.78 is 5.22. The van der Waals surface area contributed by atoms with Gasteiger partial charge < -0.3 is 9.42 Å². The molecule has 108 valence electrons. The molecule has 1 aliphatic heterocycles. The number of nitriles is 1. The molecule has 0 N–H and O–H groups in total. The summed E-state index contributed by atoms with van der Waals surface area (Å²) in [5.41, 5.74) is 1.09. The number of rotatable bonds is 2. The predicted molar refractivity (Wildman–Crippen MR) is 77.2 cm³/mol. The lowest BCUT2D eigenvalue weighted by atomic mass is 9.82. The molecule has 0 unspecified atom stereocenters. The second-order valence-electron chi connectivity index (χ2n) is 5.86. The highest BCUT2D eigenvalue weighted by Gasteiger charge is 2.32. The molecular formula is C16H17N3O2. The summed E-state index contributed by atoms with van der Waals surface area (Å²) in [6.07, 6.45) is 1.71. The van der Waals surface area contributed by atoms with Crippen molar-refractivity contribution < 1.29 is 9.32 Å². The number of amides is 1. The molecule has 0 aliphatic carbocycles. The van der Waals surface area contributed by atoms with Gasteiger partial charge in [0.2, 0.25) is 5.91 Å². The van der Waals surface area contributed by atoms with Crippen LogP contribution in [0.5, 0.6) is 0 Å². The highest BCUT2D eigenvalue weighted by Crippen LogP contribution is 2.30. The third-order valence-corrected chi connectivity index (χ3v) is 4.26. The van der Waals surface area contributed by atoms with E-state index in [1.807, 2.05) is 36.1 Å². The van der Waals surface area contributed by atoms with Crippen LogP contribution >= 0.6 is 0 Å². The van der Waals surface area contributed by atoms with Crippen molar-refractivity contribution in [2.24, 2.45) is 5.41 Å². The minimum absolute atomic E-state index is 0.0500. The van der Waals surface area contributed by atoms with Crippen LogP contribution in [0.15, 0.2) is 28.8 Å². The number of likely N-dealkylation sites (tertiary alicyclic amines) is 1. The Morgan fingerprint density at radius 1 is 1.43 bits per heavy atom. The van der Waals surface area contributed by atoms with Crippen LogP contribution < -0.4 is 0 Å². The van der Waals surface area contributed by atoms with Crippen LogP contribution in [-0.4, -0.2) is 29.1 Å². The van der Waals surface area contributed by atoms with E-state index in [0.29, 0.717) is 24.4 Å². The number of para-hydroxylation sites is 1. The van der Waals surface area contributed by atoms with E-state index in [1.165, 1.54) is 0 Å². The van der Waals surface area contributed by atoms with Gasteiger partial charge in [0.25, 0.3) is 0 Å². The van der Waals surface area contributed by atoms with Gasteiger partial charge in [-0.05, 0) is 31.9 Å². The molecule has 0 saturated carbocycles. The highest BCUT2D eigenvalue weighted by molar-refractivity contribution is 5.86. The number of carbonyl (C=O) groups excluding carboxylic acids is 1. The van der Waals surface area contributed by atoms with Gasteiger partial charge >= 0.3 is 0 Å². The SMILES string of the molecule is CC1(C#N)CCN(C(=O)Cc2noc3ccccc23)CC1. The molecule has 1 aromatic carbocycles. The van der Waals surface area contributed by atoms with Crippen LogP contribution in [-0.2, 0) is 11.2 Å². The van der Waals surface area contributed by atoms with Gasteiger partial charge in [0, 0.05) is 18.5 Å². The Hall–Kier alpha value is -2.35. The third-order valence-electron chi connectivity index (χ3n) is 4.26. The van der Waals surface area contributed by atoms with Crippen LogP contribution in [0.3, 0.4) is 0 Å². The lowest BCUT2D eigenvalue weighted by Crippen LogP contribution is -2.42. The van der Waals surface area contributed by atoms with E-state index >= 15 is 0 Å². The van der Waals surface area contributed by atoms with Crippen LogP contribution in [0.2, 0.25) is 0 Å². The molecule has 0 bridgehead atoms. The molecule has 21 heavy (non-hydrogen) atoms. The van der Waals surface area contributed by atoms with Gasteiger partial charge in [0.1, 0.15) is 5.69 Å². The summed E-state index contributed by atoms with van der Waals surface area (Å²) in [5.74, 6) is 0.0500. The normalized spacial score (nSPS) is 17.6. The smallest absolute Gasteiger partial charge is 0.228 e. The average Bonchev–Trinajstić information content (AvgIpc) is 2.91. The third kappa shape index (κ3) is 2.62. The topological polar surface area (TPSA) is 70.1 Å². The first-order chi connectivity index (χ1) is 10.1. The summed E-state index contributed by atoms with van der Waals surface area (Å²) in [6.45, 7) is 3.23. The van der Waals surface area contributed by atoms with E-state index in [9.17, 15) is 4.79 Å². The zero-order chi connectivity index (χ0) is 14.9. The molecule has 1 fully saturated rings. The molecule has 0 radical (unpaired) electrons. The van der Waals surface area contributed by atoms with Gasteiger partial charge in [0.15, 0.2) is 5.58 Å². The summed E-state index contributed by atoms with van der Waals surface area (Å²) in [4.78, 5) is 14.2. The molecule has 2 aromatic rings. The van der Waals surface area contributed by atoms with Crippen molar-refractivity contribution in [2.45, 2.75) is 26.2 Å². The van der Waals surface area contributed by atoms with Crippen LogP contribution in [0.1, 0.15) is 25.5 Å². The van der Waals surface area contributed by atoms with E-state index in [2.05, 4.69) is 11.2 Å². The zero-order valence-electron chi connectivity index (χ0n) is 12.0. The lowest BCUT2D eigenvalue weighted by Gasteiger charge is -2.34. The van der Waals surface area contributed by atoms with Crippen molar-refractivity contribution in [3.05, 3.63) is 30.0 Å². The van der Waals surface area contributed by atoms with Crippen molar-refractivity contribution in [3.8, 4) is 6.07 Å². The van der Waals surface area contributed by atoms with Gasteiger partial charge in [-0.1, -0.05) is 17.3 Å². The largest absolute Gasteiger partial charge is 0.356 e. The number of hydrogen-bond acceptors (Lipinski definition) is 4. The van der Waals surface area contributed by atoms with Crippen molar-refractivity contribution >= 4 is 16.9 Å². The van der Waals surface area contributed by atoms with Gasteiger partial charge in [-0.25, -0.2) is 0 Å². The molecule has 1 amide bonds. The lowest BCUT2D eigenvalue weighted by molar-refractivity contribution is -0.132. The highest BCUT2D eigenvalue weighted by atomic mass is 16.5. The van der Waals surface area contributed by atoms with E-state index in [4.69, 9.17) is 9.78 Å². The Labute approximate surface area is 123 Å². The maximum absolute atomic E-state index is 12.4. The molecule has 2 heterocycles. The fourth-order valence-corrected chi connectivity index (χ4v) is 2.68. The molecule has 3 rings (SSSR count).